The molecule has 0 saturated heterocycles. The summed E-state index contributed by atoms with van der Waals surface area (Å²) in [7, 11) is 0. The molecule has 2 atom stereocenters. The molecule has 0 radical (unpaired) electrons. The first-order valence-corrected chi connectivity index (χ1v) is 9.14. The average Bonchev–Trinajstić information content (AvgIpc) is 2.48. The molecule has 4 nitrogen and oxygen atoms in total. The molecule has 0 bridgehead atoms. The second-order valence-corrected chi connectivity index (χ2v) is 6.43. The maximum Gasteiger partial charge on any atom is 0.303 e. The molecule has 0 fully saturated rings. The van der Waals surface area contributed by atoms with E-state index < -0.39 is 12.1 Å². The van der Waals surface area contributed by atoms with Gasteiger partial charge in [-0.25, -0.2) is 0 Å². The van der Waals surface area contributed by atoms with E-state index >= 15 is 0 Å². The number of hydrogen-bond acceptors (Lipinski definition) is 3. The van der Waals surface area contributed by atoms with Gasteiger partial charge in [-0.3, -0.25) is 4.79 Å². The molecule has 0 spiro atoms. The minimum Gasteiger partial charge on any atom is -0.481 e. The summed E-state index contributed by atoms with van der Waals surface area (Å²) < 4.78 is 0. The maximum atomic E-state index is 10.4. The van der Waals surface area contributed by atoms with Gasteiger partial charge in [-0.15, -0.1) is 0 Å². The fourth-order valence-corrected chi connectivity index (χ4v) is 2.68. The standard InChI is InChI=1S/C18H36O4/c1-2-3-4-5-6-7-8-11-16(19)12-9-10-13-17(20)14-15-18(21)22/h16-17,19-20H,2-15H2,1H3,(H,21,22). The molecular formula is C18H36O4. The Balaban J connectivity index is 3.31. The van der Waals surface area contributed by atoms with Gasteiger partial charge in [-0.05, 0) is 25.7 Å². The van der Waals surface area contributed by atoms with Gasteiger partial charge in [0.05, 0.1) is 12.2 Å². The third-order valence-electron chi connectivity index (χ3n) is 4.16. The Labute approximate surface area is 135 Å². The van der Waals surface area contributed by atoms with Crippen LogP contribution in [0, 0.1) is 0 Å². The van der Waals surface area contributed by atoms with Crippen LogP contribution >= 0.6 is 0 Å². The Morgan fingerprint density at radius 2 is 1.14 bits per heavy atom. The van der Waals surface area contributed by atoms with Gasteiger partial charge in [0.2, 0.25) is 0 Å². The van der Waals surface area contributed by atoms with Crippen molar-refractivity contribution in [3.8, 4) is 0 Å². The number of carbonyl (C=O) groups is 1. The number of aliphatic hydroxyl groups excluding tert-OH is 2. The second kappa shape index (κ2) is 15.3. The molecule has 0 aromatic carbocycles. The molecular weight excluding hydrogens is 280 g/mol. The number of hydrogen-bond donors (Lipinski definition) is 3. The molecule has 0 aliphatic rings. The van der Waals surface area contributed by atoms with Crippen molar-refractivity contribution in [1.29, 1.82) is 0 Å². The summed E-state index contributed by atoms with van der Waals surface area (Å²) in [6.45, 7) is 2.22. The minimum atomic E-state index is -0.857. The molecule has 4 heteroatoms. The lowest BCUT2D eigenvalue weighted by molar-refractivity contribution is -0.137. The summed E-state index contributed by atoms with van der Waals surface area (Å²) in [6.07, 6.45) is 12.6. The third-order valence-corrected chi connectivity index (χ3v) is 4.16. The molecule has 0 heterocycles. The summed E-state index contributed by atoms with van der Waals surface area (Å²) in [4.78, 5) is 10.4. The predicted octanol–water partition coefficient (Wildman–Crippen LogP) is 4.27. The van der Waals surface area contributed by atoms with E-state index in [0.29, 0.717) is 12.8 Å². The highest BCUT2D eigenvalue weighted by Gasteiger charge is 2.08. The van der Waals surface area contributed by atoms with Crippen molar-refractivity contribution >= 4 is 5.97 Å². The summed E-state index contributed by atoms with van der Waals surface area (Å²) in [5.74, 6) is -0.857. The van der Waals surface area contributed by atoms with Gasteiger partial charge >= 0.3 is 5.97 Å². The Kier molecular flexibility index (Phi) is 14.9. The van der Waals surface area contributed by atoms with Crippen LogP contribution in [0.15, 0.2) is 0 Å². The highest BCUT2D eigenvalue weighted by Crippen LogP contribution is 2.14. The lowest BCUT2D eigenvalue weighted by atomic mass is 10.0. The van der Waals surface area contributed by atoms with Crippen LogP contribution in [0.1, 0.15) is 96.8 Å². The number of unbranched alkanes of at least 4 members (excludes halogenated alkanes) is 7. The van der Waals surface area contributed by atoms with E-state index in [-0.39, 0.29) is 12.5 Å². The topological polar surface area (TPSA) is 77.8 Å². The number of carboxylic acid groups (broad SMARTS) is 1. The summed E-state index contributed by atoms with van der Waals surface area (Å²) >= 11 is 0. The van der Waals surface area contributed by atoms with Crippen molar-refractivity contribution in [3.63, 3.8) is 0 Å². The molecule has 0 saturated carbocycles. The lowest BCUT2D eigenvalue weighted by Crippen LogP contribution is -2.10. The van der Waals surface area contributed by atoms with Gasteiger partial charge in [0.15, 0.2) is 0 Å². The molecule has 0 aromatic heterocycles. The van der Waals surface area contributed by atoms with Crippen LogP contribution in [0.3, 0.4) is 0 Å². The molecule has 3 N–H and O–H groups in total. The molecule has 22 heavy (non-hydrogen) atoms. The molecule has 0 aliphatic heterocycles. The quantitative estimate of drug-likeness (QED) is 0.371. The molecule has 0 amide bonds. The predicted molar refractivity (Wildman–Crippen MR) is 90.0 cm³/mol. The highest BCUT2D eigenvalue weighted by atomic mass is 16.4. The Morgan fingerprint density at radius 1 is 0.727 bits per heavy atom. The van der Waals surface area contributed by atoms with Gasteiger partial charge in [-0.1, -0.05) is 64.7 Å². The highest BCUT2D eigenvalue weighted by molar-refractivity contribution is 5.66. The summed E-state index contributed by atoms with van der Waals surface area (Å²) in [5, 5.41) is 28.0. The average molecular weight is 316 g/mol. The van der Waals surface area contributed by atoms with Crippen molar-refractivity contribution in [2.45, 2.75) is 109 Å². The van der Waals surface area contributed by atoms with Gasteiger partial charge in [0.1, 0.15) is 0 Å². The number of rotatable bonds is 16. The maximum absolute atomic E-state index is 10.4. The first-order valence-electron chi connectivity index (χ1n) is 9.14. The third kappa shape index (κ3) is 15.8. The van der Waals surface area contributed by atoms with E-state index in [2.05, 4.69) is 6.92 Å². The van der Waals surface area contributed by atoms with Crippen LogP contribution in [0.5, 0.6) is 0 Å². The lowest BCUT2D eigenvalue weighted by Gasteiger charge is -2.12. The van der Waals surface area contributed by atoms with E-state index in [1.54, 1.807) is 0 Å². The number of aliphatic hydroxyl groups is 2. The van der Waals surface area contributed by atoms with Gasteiger partial charge < -0.3 is 15.3 Å². The zero-order chi connectivity index (χ0) is 16.6. The zero-order valence-corrected chi connectivity index (χ0v) is 14.3. The molecule has 0 aromatic rings. The van der Waals surface area contributed by atoms with Crippen molar-refractivity contribution in [3.05, 3.63) is 0 Å². The van der Waals surface area contributed by atoms with E-state index in [9.17, 15) is 15.0 Å². The normalized spacial score (nSPS) is 14.0. The zero-order valence-electron chi connectivity index (χ0n) is 14.3. The SMILES string of the molecule is CCCCCCCCCC(O)CCCCC(O)CCC(=O)O. The van der Waals surface area contributed by atoms with Crippen LogP contribution < -0.4 is 0 Å². The van der Waals surface area contributed by atoms with Crippen LogP contribution in [0.25, 0.3) is 0 Å². The fourth-order valence-electron chi connectivity index (χ4n) is 2.68. The minimum absolute atomic E-state index is 0.0298. The second-order valence-electron chi connectivity index (χ2n) is 6.43. The molecule has 0 rings (SSSR count). The first-order chi connectivity index (χ1) is 10.6. The molecule has 132 valence electrons. The van der Waals surface area contributed by atoms with Gasteiger partial charge in [-0.2, -0.15) is 0 Å². The van der Waals surface area contributed by atoms with Crippen molar-refractivity contribution in [2.75, 3.05) is 0 Å². The van der Waals surface area contributed by atoms with Crippen molar-refractivity contribution in [2.24, 2.45) is 0 Å². The molecule has 0 aliphatic carbocycles. The van der Waals surface area contributed by atoms with Crippen LogP contribution in [-0.2, 0) is 4.79 Å². The first kappa shape index (κ1) is 21.4. The van der Waals surface area contributed by atoms with E-state index in [0.717, 1.165) is 32.1 Å². The molecule has 2 unspecified atom stereocenters. The van der Waals surface area contributed by atoms with Crippen LogP contribution in [-0.4, -0.2) is 33.5 Å². The van der Waals surface area contributed by atoms with Gasteiger partial charge in [0, 0.05) is 6.42 Å². The van der Waals surface area contributed by atoms with Gasteiger partial charge in [0.25, 0.3) is 0 Å². The van der Waals surface area contributed by atoms with E-state index in [1.165, 1.54) is 38.5 Å². The Hall–Kier alpha value is -0.610. The van der Waals surface area contributed by atoms with E-state index in [4.69, 9.17) is 5.11 Å². The number of carboxylic acids is 1. The Bertz CT molecular complexity index is 255. The largest absolute Gasteiger partial charge is 0.481 e. The summed E-state index contributed by atoms with van der Waals surface area (Å²) in [6, 6.07) is 0. The smallest absolute Gasteiger partial charge is 0.303 e. The van der Waals surface area contributed by atoms with Crippen LogP contribution in [0.4, 0.5) is 0 Å². The van der Waals surface area contributed by atoms with Crippen molar-refractivity contribution < 1.29 is 20.1 Å². The fraction of sp³-hybridized carbons (Fsp3) is 0.944. The Morgan fingerprint density at radius 3 is 1.64 bits per heavy atom. The summed E-state index contributed by atoms with van der Waals surface area (Å²) in [5.41, 5.74) is 0. The number of aliphatic carboxylic acids is 1. The van der Waals surface area contributed by atoms with E-state index in [1.807, 2.05) is 0 Å². The monoisotopic (exact) mass is 316 g/mol. The van der Waals surface area contributed by atoms with Crippen molar-refractivity contribution in [1.82, 2.24) is 0 Å². The van der Waals surface area contributed by atoms with Crippen LogP contribution in [0.2, 0.25) is 0 Å².